The number of carbonyl (C=O) groups excluding carboxylic acids is 2. The first-order valence-electron chi connectivity index (χ1n) is 6.01. The third-order valence-electron chi connectivity index (χ3n) is 3.62. The first-order valence-corrected chi connectivity index (χ1v) is 6.01. The van der Waals surface area contributed by atoms with E-state index in [0.29, 0.717) is 18.5 Å². The van der Waals surface area contributed by atoms with Gasteiger partial charge >= 0.3 is 0 Å². The fourth-order valence-corrected chi connectivity index (χ4v) is 2.77. The Morgan fingerprint density at radius 2 is 2.28 bits per heavy atom. The van der Waals surface area contributed by atoms with E-state index in [1.54, 1.807) is 11.0 Å². The lowest BCUT2D eigenvalue weighted by Crippen LogP contribution is -2.38. The standard InChI is InChI=1S/C13H13FN2O2/c14-9-3-1-2-8(6-9)13(18)16-5-4-10-11(16)7-12(17)15-10/h1-3,6,10-11H,4-5,7H2,(H,15,17)/t10-,11-/m0/s1. The monoisotopic (exact) mass is 248 g/mol. The van der Waals surface area contributed by atoms with E-state index in [4.69, 9.17) is 0 Å². The van der Waals surface area contributed by atoms with Crippen LogP contribution in [0.25, 0.3) is 0 Å². The van der Waals surface area contributed by atoms with Crippen molar-refractivity contribution in [2.75, 3.05) is 6.54 Å². The summed E-state index contributed by atoms with van der Waals surface area (Å²) in [5.74, 6) is -0.627. The second-order valence-corrected chi connectivity index (χ2v) is 4.74. The quantitative estimate of drug-likeness (QED) is 0.803. The number of benzene rings is 1. The number of likely N-dealkylation sites (tertiary alicyclic amines) is 1. The molecule has 0 unspecified atom stereocenters. The van der Waals surface area contributed by atoms with E-state index >= 15 is 0 Å². The summed E-state index contributed by atoms with van der Waals surface area (Å²) in [7, 11) is 0. The van der Waals surface area contributed by atoms with Gasteiger partial charge in [0.15, 0.2) is 0 Å². The van der Waals surface area contributed by atoms with Crippen LogP contribution < -0.4 is 5.32 Å². The Morgan fingerprint density at radius 3 is 3.06 bits per heavy atom. The summed E-state index contributed by atoms with van der Waals surface area (Å²) in [4.78, 5) is 25.3. The molecule has 2 heterocycles. The molecule has 0 bridgehead atoms. The highest BCUT2D eigenvalue weighted by Gasteiger charge is 2.43. The van der Waals surface area contributed by atoms with Crippen molar-refractivity contribution in [3.8, 4) is 0 Å². The van der Waals surface area contributed by atoms with Gasteiger partial charge in [-0.3, -0.25) is 9.59 Å². The lowest BCUT2D eigenvalue weighted by molar-refractivity contribution is -0.119. The molecule has 94 valence electrons. The first-order chi connectivity index (χ1) is 8.65. The molecule has 2 aliphatic heterocycles. The van der Waals surface area contributed by atoms with Crippen molar-refractivity contribution < 1.29 is 14.0 Å². The Kier molecular flexibility index (Phi) is 2.54. The molecule has 2 fully saturated rings. The molecule has 3 rings (SSSR count). The predicted octanol–water partition coefficient (Wildman–Crippen LogP) is 0.929. The molecule has 5 heteroatoms. The molecule has 0 spiro atoms. The third kappa shape index (κ3) is 1.75. The van der Waals surface area contributed by atoms with Crippen LogP contribution in [0.5, 0.6) is 0 Å². The Morgan fingerprint density at radius 1 is 1.44 bits per heavy atom. The number of hydrogen-bond acceptors (Lipinski definition) is 2. The fourth-order valence-electron chi connectivity index (χ4n) is 2.77. The van der Waals surface area contributed by atoms with Crippen molar-refractivity contribution in [3.05, 3.63) is 35.6 Å². The van der Waals surface area contributed by atoms with Gasteiger partial charge in [0.1, 0.15) is 5.82 Å². The predicted molar refractivity (Wildman–Crippen MR) is 62.4 cm³/mol. The summed E-state index contributed by atoms with van der Waals surface area (Å²) in [6.45, 7) is 0.616. The molecule has 1 aromatic rings. The van der Waals surface area contributed by atoms with Gasteiger partial charge in [-0.2, -0.15) is 0 Å². The van der Waals surface area contributed by atoms with E-state index in [1.165, 1.54) is 18.2 Å². The van der Waals surface area contributed by atoms with Gasteiger partial charge in [-0.1, -0.05) is 6.07 Å². The minimum Gasteiger partial charge on any atom is -0.351 e. The molecule has 18 heavy (non-hydrogen) atoms. The van der Waals surface area contributed by atoms with Gasteiger partial charge in [-0.15, -0.1) is 0 Å². The van der Waals surface area contributed by atoms with E-state index in [1.807, 2.05) is 0 Å². The highest BCUT2D eigenvalue weighted by atomic mass is 19.1. The number of amides is 2. The van der Waals surface area contributed by atoms with Crippen LogP contribution in [-0.2, 0) is 4.79 Å². The number of nitrogens with zero attached hydrogens (tertiary/aromatic N) is 1. The summed E-state index contributed by atoms with van der Waals surface area (Å²) in [6, 6.07) is 5.66. The largest absolute Gasteiger partial charge is 0.351 e. The number of rotatable bonds is 1. The van der Waals surface area contributed by atoms with Crippen LogP contribution in [0.2, 0.25) is 0 Å². The highest BCUT2D eigenvalue weighted by Crippen LogP contribution is 2.27. The number of nitrogens with one attached hydrogen (secondary N) is 1. The van der Waals surface area contributed by atoms with Crippen LogP contribution in [0.3, 0.4) is 0 Å². The molecule has 2 aliphatic rings. The van der Waals surface area contributed by atoms with Crippen molar-refractivity contribution in [3.63, 3.8) is 0 Å². The second kappa shape index (κ2) is 4.08. The summed E-state index contributed by atoms with van der Waals surface area (Å²) < 4.78 is 13.1. The number of halogens is 1. The van der Waals surface area contributed by atoms with Crippen molar-refractivity contribution >= 4 is 11.8 Å². The van der Waals surface area contributed by atoms with Crippen LogP contribution in [0.1, 0.15) is 23.2 Å². The van der Waals surface area contributed by atoms with Crippen LogP contribution in [-0.4, -0.2) is 35.3 Å². The van der Waals surface area contributed by atoms with Gasteiger partial charge in [-0.25, -0.2) is 4.39 Å². The maximum Gasteiger partial charge on any atom is 0.254 e. The van der Waals surface area contributed by atoms with Crippen LogP contribution in [0, 0.1) is 5.82 Å². The number of hydrogen-bond donors (Lipinski definition) is 1. The zero-order chi connectivity index (χ0) is 12.7. The minimum atomic E-state index is -0.419. The Labute approximate surface area is 104 Å². The molecule has 0 aliphatic carbocycles. The summed E-state index contributed by atoms with van der Waals surface area (Å²) in [6.07, 6.45) is 1.13. The first kappa shape index (κ1) is 11.2. The van der Waals surface area contributed by atoms with Gasteiger partial charge < -0.3 is 10.2 Å². The van der Waals surface area contributed by atoms with Crippen molar-refractivity contribution in [2.45, 2.75) is 24.9 Å². The molecule has 4 nitrogen and oxygen atoms in total. The van der Waals surface area contributed by atoms with Gasteiger partial charge in [0.05, 0.1) is 12.1 Å². The highest BCUT2D eigenvalue weighted by molar-refractivity contribution is 5.95. The number of fused-ring (bicyclic) bond motifs is 1. The van der Waals surface area contributed by atoms with Gasteiger partial charge in [0.25, 0.3) is 5.91 Å². The Bertz CT molecular complexity index is 517. The smallest absolute Gasteiger partial charge is 0.254 e. The normalized spacial score (nSPS) is 26.1. The van der Waals surface area contributed by atoms with Gasteiger partial charge in [0, 0.05) is 18.5 Å². The molecule has 2 atom stereocenters. The molecule has 1 aromatic carbocycles. The molecule has 0 aromatic heterocycles. The zero-order valence-electron chi connectivity index (χ0n) is 9.73. The molecular weight excluding hydrogens is 235 g/mol. The maximum absolute atomic E-state index is 13.1. The number of carbonyl (C=O) groups is 2. The van der Waals surface area contributed by atoms with Crippen molar-refractivity contribution in [2.24, 2.45) is 0 Å². The Hall–Kier alpha value is -1.91. The average Bonchev–Trinajstić information content (AvgIpc) is 2.87. The average molecular weight is 248 g/mol. The molecule has 0 radical (unpaired) electrons. The van der Waals surface area contributed by atoms with Crippen LogP contribution in [0.4, 0.5) is 4.39 Å². The lowest BCUT2D eigenvalue weighted by Gasteiger charge is -2.22. The SMILES string of the molecule is O=C1C[C@H]2[C@H](CCN2C(=O)c2cccc(F)c2)N1. The Balaban J connectivity index is 1.83. The minimum absolute atomic E-state index is 0.0123. The van der Waals surface area contributed by atoms with Crippen LogP contribution >= 0.6 is 0 Å². The summed E-state index contributed by atoms with van der Waals surface area (Å²) in [5.41, 5.74) is 0.343. The summed E-state index contributed by atoms with van der Waals surface area (Å²) >= 11 is 0. The molecule has 2 saturated heterocycles. The van der Waals surface area contributed by atoms with E-state index in [0.717, 1.165) is 6.42 Å². The summed E-state index contributed by atoms with van der Waals surface area (Å²) in [5, 5.41) is 2.86. The molecule has 0 saturated carbocycles. The van der Waals surface area contributed by atoms with E-state index < -0.39 is 5.82 Å². The topological polar surface area (TPSA) is 49.4 Å². The van der Waals surface area contributed by atoms with Crippen molar-refractivity contribution in [1.82, 2.24) is 10.2 Å². The second-order valence-electron chi connectivity index (χ2n) is 4.74. The van der Waals surface area contributed by atoms with E-state index in [-0.39, 0.29) is 23.9 Å². The van der Waals surface area contributed by atoms with Gasteiger partial charge in [0.2, 0.25) is 5.91 Å². The lowest BCUT2D eigenvalue weighted by atomic mass is 10.1. The molecule has 1 N–H and O–H groups in total. The van der Waals surface area contributed by atoms with Crippen molar-refractivity contribution in [1.29, 1.82) is 0 Å². The third-order valence-corrected chi connectivity index (χ3v) is 3.62. The van der Waals surface area contributed by atoms with E-state index in [9.17, 15) is 14.0 Å². The maximum atomic E-state index is 13.1. The fraction of sp³-hybridized carbons (Fsp3) is 0.385. The molecular formula is C13H13FN2O2. The van der Waals surface area contributed by atoms with Crippen LogP contribution in [0.15, 0.2) is 24.3 Å². The van der Waals surface area contributed by atoms with E-state index in [2.05, 4.69) is 5.32 Å². The van der Waals surface area contributed by atoms with Gasteiger partial charge in [-0.05, 0) is 24.6 Å². The molecule has 2 amide bonds. The zero-order valence-corrected chi connectivity index (χ0v) is 9.73.